The predicted octanol–water partition coefficient (Wildman–Crippen LogP) is 4.37. The van der Waals surface area contributed by atoms with Crippen LogP contribution in [0.1, 0.15) is 5.56 Å². The van der Waals surface area contributed by atoms with Crippen molar-refractivity contribution >= 4 is 28.8 Å². The molecule has 2 aromatic carbocycles. The van der Waals surface area contributed by atoms with E-state index < -0.39 is 5.82 Å². The van der Waals surface area contributed by atoms with Gasteiger partial charge in [0, 0.05) is 11.9 Å². The summed E-state index contributed by atoms with van der Waals surface area (Å²) in [5.41, 5.74) is 4.04. The average molecular weight is 381 g/mol. The number of amides is 1. The molecule has 0 fully saturated rings. The number of nitrogens with one attached hydrogen (secondary N) is 1. The molecule has 4 aromatic rings. The van der Waals surface area contributed by atoms with Crippen molar-refractivity contribution in [1.82, 2.24) is 14.6 Å². The fourth-order valence-electron chi connectivity index (χ4n) is 2.77. The number of carbonyl (C=O) groups is 1. The first-order chi connectivity index (χ1) is 13.1. The maximum Gasteiger partial charge on any atom is 0.228 e. The first kappa shape index (κ1) is 17.2. The Balaban J connectivity index is 1.45. The minimum absolute atomic E-state index is 0.0212. The van der Waals surface area contributed by atoms with Crippen LogP contribution < -0.4 is 5.32 Å². The zero-order chi connectivity index (χ0) is 18.8. The van der Waals surface area contributed by atoms with Crippen LogP contribution in [0.2, 0.25) is 5.02 Å². The van der Waals surface area contributed by atoms with Crippen LogP contribution in [0.25, 0.3) is 16.8 Å². The number of anilines is 1. The van der Waals surface area contributed by atoms with Crippen molar-refractivity contribution in [2.45, 2.75) is 6.42 Å². The number of pyridine rings is 1. The normalized spacial score (nSPS) is 10.9. The molecule has 2 heterocycles. The molecule has 0 aliphatic carbocycles. The van der Waals surface area contributed by atoms with Gasteiger partial charge in [0.25, 0.3) is 0 Å². The van der Waals surface area contributed by atoms with Gasteiger partial charge < -0.3 is 5.32 Å². The van der Waals surface area contributed by atoms with Gasteiger partial charge in [0.15, 0.2) is 5.65 Å². The first-order valence-corrected chi connectivity index (χ1v) is 8.60. The average Bonchev–Trinajstić information content (AvgIpc) is 3.13. The van der Waals surface area contributed by atoms with Crippen LogP contribution in [-0.4, -0.2) is 20.5 Å². The maximum absolute atomic E-state index is 13.4. The van der Waals surface area contributed by atoms with Gasteiger partial charge in [-0.05, 0) is 47.0 Å². The predicted molar refractivity (Wildman–Crippen MR) is 102 cm³/mol. The Kier molecular flexibility index (Phi) is 4.56. The second kappa shape index (κ2) is 7.17. The number of fused-ring (bicyclic) bond motifs is 1. The third-order valence-corrected chi connectivity index (χ3v) is 4.44. The van der Waals surface area contributed by atoms with E-state index in [0.717, 1.165) is 22.3 Å². The highest BCUT2D eigenvalue weighted by molar-refractivity contribution is 6.30. The van der Waals surface area contributed by atoms with Crippen LogP contribution >= 0.6 is 11.6 Å². The lowest BCUT2D eigenvalue weighted by molar-refractivity contribution is -0.115. The molecule has 0 spiro atoms. The van der Waals surface area contributed by atoms with Crippen molar-refractivity contribution < 1.29 is 9.18 Å². The quantitative estimate of drug-likeness (QED) is 0.572. The highest BCUT2D eigenvalue weighted by Crippen LogP contribution is 2.22. The van der Waals surface area contributed by atoms with E-state index in [-0.39, 0.29) is 17.4 Å². The Bertz CT molecular complexity index is 1120. The first-order valence-electron chi connectivity index (χ1n) is 8.22. The van der Waals surface area contributed by atoms with E-state index >= 15 is 0 Å². The summed E-state index contributed by atoms with van der Waals surface area (Å²) in [6.45, 7) is 0. The van der Waals surface area contributed by atoms with E-state index in [1.54, 1.807) is 10.6 Å². The standard InChI is InChI=1S/C20H14ClFN4O/c21-17-6-5-16(11-18(17)22)25-20(27)9-13-1-3-14(4-2-13)15-7-8-26-19(10-15)23-12-24-26/h1-8,10-12H,9H2,(H,25,27). The van der Waals surface area contributed by atoms with Gasteiger partial charge in [0.2, 0.25) is 5.91 Å². The number of hydrogen-bond donors (Lipinski definition) is 1. The lowest BCUT2D eigenvalue weighted by atomic mass is 10.0. The molecule has 0 aliphatic heterocycles. The van der Waals surface area contributed by atoms with Crippen LogP contribution in [0.15, 0.2) is 67.1 Å². The molecule has 0 saturated carbocycles. The topological polar surface area (TPSA) is 59.3 Å². The number of halogens is 2. The van der Waals surface area contributed by atoms with Gasteiger partial charge in [-0.3, -0.25) is 4.79 Å². The van der Waals surface area contributed by atoms with Crippen molar-refractivity contribution in [1.29, 1.82) is 0 Å². The van der Waals surface area contributed by atoms with Crippen molar-refractivity contribution in [2.24, 2.45) is 0 Å². The molecule has 1 N–H and O–H groups in total. The van der Waals surface area contributed by atoms with Gasteiger partial charge in [0.1, 0.15) is 12.1 Å². The molecule has 134 valence electrons. The van der Waals surface area contributed by atoms with Crippen LogP contribution in [0.4, 0.5) is 10.1 Å². The third-order valence-electron chi connectivity index (χ3n) is 4.14. The van der Waals surface area contributed by atoms with Gasteiger partial charge >= 0.3 is 0 Å². The fraction of sp³-hybridized carbons (Fsp3) is 0.0500. The van der Waals surface area contributed by atoms with Gasteiger partial charge in [-0.25, -0.2) is 13.9 Å². The van der Waals surface area contributed by atoms with E-state index in [0.29, 0.717) is 5.69 Å². The summed E-state index contributed by atoms with van der Waals surface area (Å²) in [5.74, 6) is -0.794. The van der Waals surface area contributed by atoms with Crippen LogP contribution in [0.5, 0.6) is 0 Å². The summed E-state index contributed by atoms with van der Waals surface area (Å²) in [6, 6.07) is 15.8. The van der Waals surface area contributed by atoms with Gasteiger partial charge in [-0.15, -0.1) is 0 Å². The molecular weight excluding hydrogens is 367 g/mol. The summed E-state index contributed by atoms with van der Waals surface area (Å²) >= 11 is 5.64. The maximum atomic E-state index is 13.4. The number of rotatable bonds is 4. The highest BCUT2D eigenvalue weighted by Gasteiger charge is 2.07. The van der Waals surface area contributed by atoms with Crippen molar-refractivity contribution in [3.8, 4) is 11.1 Å². The fourth-order valence-corrected chi connectivity index (χ4v) is 2.89. The Morgan fingerprint density at radius 3 is 2.67 bits per heavy atom. The minimum Gasteiger partial charge on any atom is -0.326 e. The molecule has 0 unspecified atom stereocenters. The zero-order valence-electron chi connectivity index (χ0n) is 14.1. The van der Waals surface area contributed by atoms with E-state index in [4.69, 9.17) is 11.6 Å². The number of nitrogens with zero attached hydrogens (tertiary/aromatic N) is 3. The van der Waals surface area contributed by atoms with E-state index in [2.05, 4.69) is 15.4 Å². The third kappa shape index (κ3) is 3.80. The lowest BCUT2D eigenvalue weighted by Gasteiger charge is -2.07. The number of hydrogen-bond acceptors (Lipinski definition) is 3. The Labute approximate surface area is 159 Å². The number of benzene rings is 2. The van der Waals surface area contributed by atoms with Crippen LogP contribution in [0.3, 0.4) is 0 Å². The number of carbonyl (C=O) groups excluding carboxylic acids is 1. The molecular formula is C20H14ClFN4O. The molecule has 1 amide bonds. The zero-order valence-corrected chi connectivity index (χ0v) is 14.8. The molecule has 0 atom stereocenters. The van der Waals surface area contributed by atoms with Crippen molar-refractivity contribution in [2.75, 3.05) is 5.32 Å². The highest BCUT2D eigenvalue weighted by atomic mass is 35.5. The largest absolute Gasteiger partial charge is 0.326 e. The Hall–Kier alpha value is -3.25. The summed E-state index contributed by atoms with van der Waals surface area (Å²) in [5, 5.41) is 6.76. The smallest absolute Gasteiger partial charge is 0.228 e. The van der Waals surface area contributed by atoms with Crippen LogP contribution in [-0.2, 0) is 11.2 Å². The Morgan fingerprint density at radius 2 is 1.89 bits per heavy atom. The van der Waals surface area contributed by atoms with E-state index in [1.807, 2.05) is 42.6 Å². The lowest BCUT2D eigenvalue weighted by Crippen LogP contribution is -2.14. The SMILES string of the molecule is O=C(Cc1ccc(-c2ccn3ncnc3c2)cc1)Nc1ccc(Cl)c(F)c1. The summed E-state index contributed by atoms with van der Waals surface area (Å²) in [7, 11) is 0. The van der Waals surface area contributed by atoms with E-state index in [9.17, 15) is 9.18 Å². The van der Waals surface area contributed by atoms with Gasteiger partial charge in [0.05, 0.1) is 11.4 Å². The Morgan fingerprint density at radius 1 is 1.07 bits per heavy atom. The van der Waals surface area contributed by atoms with Crippen LogP contribution in [0, 0.1) is 5.82 Å². The number of aromatic nitrogens is 3. The van der Waals surface area contributed by atoms with Crippen molar-refractivity contribution in [3.63, 3.8) is 0 Å². The molecule has 5 nitrogen and oxygen atoms in total. The summed E-state index contributed by atoms with van der Waals surface area (Å²) in [4.78, 5) is 16.3. The van der Waals surface area contributed by atoms with Gasteiger partial charge in [-0.2, -0.15) is 5.10 Å². The molecule has 4 rings (SSSR count). The second-order valence-electron chi connectivity index (χ2n) is 6.03. The summed E-state index contributed by atoms with van der Waals surface area (Å²) in [6.07, 6.45) is 3.55. The molecule has 27 heavy (non-hydrogen) atoms. The molecule has 0 aliphatic rings. The van der Waals surface area contributed by atoms with Crippen molar-refractivity contribution in [3.05, 3.63) is 83.5 Å². The molecule has 0 saturated heterocycles. The monoisotopic (exact) mass is 380 g/mol. The van der Waals surface area contributed by atoms with E-state index in [1.165, 1.54) is 18.5 Å². The minimum atomic E-state index is -0.566. The summed E-state index contributed by atoms with van der Waals surface area (Å²) < 4.78 is 15.1. The molecule has 7 heteroatoms. The second-order valence-corrected chi connectivity index (χ2v) is 6.44. The molecule has 0 bridgehead atoms. The molecule has 0 radical (unpaired) electrons. The van der Waals surface area contributed by atoms with Gasteiger partial charge in [-0.1, -0.05) is 35.9 Å². The molecule has 2 aromatic heterocycles.